The van der Waals surface area contributed by atoms with Crippen molar-refractivity contribution in [3.63, 3.8) is 0 Å². The Kier molecular flexibility index (Phi) is 5.63. The molecule has 0 spiro atoms. The second-order valence-corrected chi connectivity index (χ2v) is 8.74. The summed E-state index contributed by atoms with van der Waals surface area (Å²) in [6.07, 6.45) is 0. The number of carbonyl (C=O) groups excluding carboxylic acids is 3. The molecule has 2 amide bonds. The molecule has 8 nitrogen and oxygen atoms in total. The van der Waals surface area contributed by atoms with Crippen LogP contribution in [0.3, 0.4) is 0 Å². The molecule has 0 bridgehead atoms. The number of hydrogen-bond acceptors (Lipinski definition) is 6. The van der Waals surface area contributed by atoms with Crippen LogP contribution in [0, 0.1) is 5.92 Å². The monoisotopic (exact) mass is 436 g/mol. The summed E-state index contributed by atoms with van der Waals surface area (Å²) in [6.45, 7) is 1.54. The van der Waals surface area contributed by atoms with E-state index in [4.69, 9.17) is 11.6 Å². The van der Waals surface area contributed by atoms with Crippen LogP contribution in [-0.4, -0.2) is 39.1 Å². The van der Waals surface area contributed by atoms with Crippen LogP contribution < -0.4 is 9.62 Å². The molecule has 1 saturated heterocycles. The first-order chi connectivity index (χ1) is 13.6. The number of esters is 1. The fourth-order valence-electron chi connectivity index (χ4n) is 2.91. The van der Waals surface area contributed by atoms with Crippen molar-refractivity contribution in [2.24, 2.45) is 5.92 Å². The van der Waals surface area contributed by atoms with Gasteiger partial charge in [0, 0.05) is 5.69 Å². The summed E-state index contributed by atoms with van der Waals surface area (Å²) in [5.74, 6) is -2.48. The highest BCUT2D eigenvalue weighted by atomic mass is 35.5. The third-order valence-corrected chi connectivity index (χ3v) is 6.54. The van der Waals surface area contributed by atoms with E-state index in [1.54, 1.807) is 0 Å². The molecule has 1 aliphatic heterocycles. The van der Waals surface area contributed by atoms with Crippen LogP contribution in [0.15, 0.2) is 42.5 Å². The number of nitrogens with zero attached hydrogens (tertiary/aromatic N) is 1. The van der Waals surface area contributed by atoms with Gasteiger partial charge in [-0.05, 0) is 42.5 Å². The topological polar surface area (TPSA) is 110 Å². The molecule has 0 radical (unpaired) electrons. The summed E-state index contributed by atoms with van der Waals surface area (Å²) < 4.78 is 29.7. The van der Waals surface area contributed by atoms with E-state index in [-0.39, 0.29) is 22.0 Å². The van der Waals surface area contributed by atoms with Gasteiger partial charge in [-0.1, -0.05) is 18.5 Å². The van der Waals surface area contributed by atoms with E-state index in [9.17, 15) is 22.8 Å². The Hall–Kier alpha value is -2.91. The average Bonchev–Trinajstić information content (AvgIpc) is 2.88. The van der Waals surface area contributed by atoms with Crippen LogP contribution in [0.5, 0.6) is 0 Å². The number of hydrogen-bond donors (Lipinski definition) is 1. The third kappa shape index (κ3) is 4.10. The van der Waals surface area contributed by atoms with E-state index in [0.717, 1.165) is 4.31 Å². The number of sulfonamides is 1. The predicted octanol–water partition coefficient (Wildman–Crippen LogP) is 2.69. The minimum Gasteiger partial charge on any atom is -0.465 e. The van der Waals surface area contributed by atoms with Crippen molar-refractivity contribution in [3.8, 4) is 0 Å². The lowest BCUT2D eigenvalue weighted by atomic mass is 10.1. The molecule has 10 heteroatoms. The fourth-order valence-corrected chi connectivity index (χ4v) is 4.98. The van der Waals surface area contributed by atoms with E-state index in [1.807, 2.05) is 0 Å². The van der Waals surface area contributed by atoms with Gasteiger partial charge in [-0.25, -0.2) is 17.5 Å². The first-order valence-corrected chi connectivity index (χ1v) is 10.5. The first-order valence-electron chi connectivity index (χ1n) is 8.50. The minimum atomic E-state index is -3.76. The van der Waals surface area contributed by atoms with Gasteiger partial charge in [0.2, 0.25) is 15.9 Å². The molecular weight excluding hydrogens is 420 g/mol. The molecule has 1 fully saturated rings. The van der Waals surface area contributed by atoms with Crippen LogP contribution in [0.25, 0.3) is 0 Å². The normalized spacial score (nSPS) is 17.8. The van der Waals surface area contributed by atoms with Gasteiger partial charge >= 0.3 is 5.97 Å². The van der Waals surface area contributed by atoms with E-state index >= 15 is 0 Å². The Bertz CT molecular complexity index is 1100. The largest absolute Gasteiger partial charge is 0.465 e. The number of nitrogens with one attached hydrogen (secondary N) is 1. The zero-order valence-corrected chi connectivity index (χ0v) is 17.1. The molecule has 0 saturated carbocycles. The Balaban J connectivity index is 1.81. The van der Waals surface area contributed by atoms with Gasteiger partial charge in [-0.2, -0.15) is 0 Å². The number of benzene rings is 2. The third-order valence-electron chi connectivity index (χ3n) is 4.36. The molecule has 152 valence electrons. The maximum absolute atomic E-state index is 12.5. The first kappa shape index (κ1) is 20.8. The Morgan fingerprint density at radius 1 is 1.17 bits per heavy atom. The molecule has 2 aromatic rings. The lowest BCUT2D eigenvalue weighted by molar-refractivity contribution is -0.119. The second kappa shape index (κ2) is 7.84. The maximum Gasteiger partial charge on any atom is 0.337 e. The molecule has 1 heterocycles. The number of methoxy groups -OCH3 is 1. The van der Waals surface area contributed by atoms with Gasteiger partial charge in [0.15, 0.2) is 0 Å². The van der Waals surface area contributed by atoms with Gasteiger partial charge in [-0.15, -0.1) is 0 Å². The van der Waals surface area contributed by atoms with Crippen molar-refractivity contribution in [1.29, 1.82) is 0 Å². The molecular formula is C19H17ClN2O6S. The van der Waals surface area contributed by atoms with Gasteiger partial charge in [0.25, 0.3) is 5.91 Å². The zero-order valence-electron chi connectivity index (χ0n) is 15.5. The highest BCUT2D eigenvalue weighted by molar-refractivity contribution is 7.94. The standard InChI is InChI=1S/C19H17ClN2O6S/c1-11-10-29(26,27)22(18(11)24)14-7-8-15(16(20)9-14)17(23)21-13-5-3-12(4-6-13)19(25)28-2/h3-9,11H,10H2,1-2H3,(H,21,23)/t11-/m0/s1. The Morgan fingerprint density at radius 2 is 1.83 bits per heavy atom. The summed E-state index contributed by atoms with van der Waals surface area (Å²) in [5.41, 5.74) is 0.945. The van der Waals surface area contributed by atoms with Crippen molar-refractivity contribution in [1.82, 2.24) is 0 Å². The van der Waals surface area contributed by atoms with Crippen LogP contribution in [0.2, 0.25) is 5.02 Å². The average molecular weight is 437 g/mol. The summed E-state index contributed by atoms with van der Waals surface area (Å²) in [4.78, 5) is 36.1. The maximum atomic E-state index is 12.5. The summed E-state index contributed by atoms with van der Waals surface area (Å²) in [7, 11) is -2.49. The van der Waals surface area contributed by atoms with Crippen LogP contribution in [-0.2, 0) is 19.6 Å². The molecule has 1 N–H and O–H groups in total. The van der Waals surface area contributed by atoms with Gasteiger partial charge in [-0.3, -0.25) is 9.59 Å². The van der Waals surface area contributed by atoms with Crippen molar-refractivity contribution >= 4 is 50.8 Å². The lowest BCUT2D eigenvalue weighted by Crippen LogP contribution is -2.30. The van der Waals surface area contributed by atoms with E-state index in [1.165, 1.54) is 56.5 Å². The van der Waals surface area contributed by atoms with Crippen molar-refractivity contribution in [2.45, 2.75) is 6.92 Å². The predicted molar refractivity (Wildman–Crippen MR) is 108 cm³/mol. The molecule has 0 aromatic heterocycles. The Labute approximate surface area is 172 Å². The van der Waals surface area contributed by atoms with Gasteiger partial charge < -0.3 is 10.1 Å². The fraction of sp³-hybridized carbons (Fsp3) is 0.211. The van der Waals surface area contributed by atoms with Crippen LogP contribution in [0.1, 0.15) is 27.6 Å². The minimum absolute atomic E-state index is 0.00580. The molecule has 2 aromatic carbocycles. The van der Waals surface area contributed by atoms with Crippen molar-refractivity contribution in [3.05, 3.63) is 58.6 Å². The lowest BCUT2D eigenvalue weighted by Gasteiger charge is -2.16. The van der Waals surface area contributed by atoms with Gasteiger partial charge in [0.05, 0.1) is 40.6 Å². The van der Waals surface area contributed by atoms with Crippen LogP contribution >= 0.6 is 11.6 Å². The van der Waals surface area contributed by atoms with Crippen LogP contribution in [0.4, 0.5) is 11.4 Å². The molecule has 0 aliphatic carbocycles. The zero-order chi connectivity index (χ0) is 21.3. The highest BCUT2D eigenvalue weighted by Crippen LogP contribution is 2.31. The summed E-state index contributed by atoms with van der Waals surface area (Å²) >= 11 is 6.18. The number of ether oxygens (including phenoxy) is 1. The number of anilines is 2. The number of amides is 2. The SMILES string of the molecule is COC(=O)c1ccc(NC(=O)c2ccc(N3C(=O)[C@@H](C)CS3(=O)=O)cc2Cl)cc1. The number of carbonyl (C=O) groups is 3. The molecule has 0 unspecified atom stereocenters. The van der Waals surface area contributed by atoms with Gasteiger partial charge in [0.1, 0.15) is 0 Å². The molecule has 1 atom stereocenters. The molecule has 1 aliphatic rings. The summed E-state index contributed by atoms with van der Waals surface area (Å²) in [5, 5.41) is 2.62. The smallest absolute Gasteiger partial charge is 0.337 e. The molecule has 29 heavy (non-hydrogen) atoms. The van der Waals surface area contributed by atoms with Crippen molar-refractivity contribution in [2.75, 3.05) is 22.5 Å². The van der Waals surface area contributed by atoms with E-state index in [2.05, 4.69) is 10.1 Å². The second-order valence-electron chi connectivity index (χ2n) is 6.47. The quantitative estimate of drug-likeness (QED) is 0.738. The van der Waals surface area contributed by atoms with E-state index in [0.29, 0.717) is 11.3 Å². The van der Waals surface area contributed by atoms with Crippen molar-refractivity contribution < 1.29 is 27.5 Å². The van der Waals surface area contributed by atoms with E-state index < -0.39 is 33.7 Å². The number of rotatable bonds is 4. The Morgan fingerprint density at radius 3 is 2.34 bits per heavy atom. The highest BCUT2D eigenvalue weighted by Gasteiger charge is 2.42. The molecule has 3 rings (SSSR count). The summed E-state index contributed by atoms with van der Waals surface area (Å²) in [6, 6.07) is 10.0. The number of halogens is 1.